The second-order valence-corrected chi connectivity index (χ2v) is 7.62. The highest BCUT2D eigenvalue weighted by Gasteiger charge is 2.36. The van der Waals surface area contributed by atoms with Gasteiger partial charge in [-0.3, -0.25) is 4.79 Å². The highest BCUT2D eigenvalue weighted by atomic mass is 19.4. The van der Waals surface area contributed by atoms with Crippen molar-refractivity contribution in [3.8, 4) is 11.3 Å². The minimum Gasteiger partial charge on any atom is -0.450 e. The molecule has 1 aliphatic rings. The van der Waals surface area contributed by atoms with Crippen LogP contribution in [0.4, 0.5) is 18.0 Å². The van der Waals surface area contributed by atoms with E-state index >= 15 is 0 Å². The van der Waals surface area contributed by atoms with Crippen LogP contribution in [0.5, 0.6) is 0 Å². The van der Waals surface area contributed by atoms with E-state index < -0.39 is 23.9 Å². The summed E-state index contributed by atoms with van der Waals surface area (Å²) >= 11 is 0. The third-order valence-electron chi connectivity index (χ3n) is 5.43. The van der Waals surface area contributed by atoms with E-state index in [0.29, 0.717) is 36.0 Å². The van der Waals surface area contributed by atoms with Crippen molar-refractivity contribution >= 4 is 17.6 Å². The number of amides is 2. The number of fused-ring (bicyclic) bond motifs is 1. The number of ether oxygens (including phenoxy) is 1. The predicted molar refractivity (Wildman–Crippen MR) is 113 cm³/mol. The van der Waals surface area contributed by atoms with Crippen LogP contribution in [-0.2, 0) is 10.9 Å². The van der Waals surface area contributed by atoms with E-state index in [2.05, 4.69) is 15.4 Å². The molecule has 1 fully saturated rings. The molecule has 11 heteroatoms. The first-order chi connectivity index (χ1) is 15.8. The summed E-state index contributed by atoms with van der Waals surface area (Å²) in [6, 6.07) is 9.11. The number of carbonyl (C=O) groups is 2. The van der Waals surface area contributed by atoms with Crippen molar-refractivity contribution in [1.29, 1.82) is 0 Å². The van der Waals surface area contributed by atoms with Gasteiger partial charge in [0.15, 0.2) is 11.3 Å². The maximum absolute atomic E-state index is 13.7. The minimum atomic E-state index is -4.69. The maximum Gasteiger partial charge on any atom is 0.433 e. The minimum absolute atomic E-state index is 0.0499. The Bertz CT molecular complexity index is 1160. The first-order valence-corrected chi connectivity index (χ1v) is 10.5. The molecule has 3 heterocycles. The number of piperidine rings is 1. The molecule has 0 spiro atoms. The van der Waals surface area contributed by atoms with Crippen LogP contribution in [0.3, 0.4) is 0 Å². The van der Waals surface area contributed by atoms with Gasteiger partial charge in [-0.25, -0.2) is 14.3 Å². The number of alkyl halides is 3. The number of hydrogen-bond acceptors (Lipinski definition) is 5. The van der Waals surface area contributed by atoms with Gasteiger partial charge in [0.25, 0.3) is 5.91 Å². The fourth-order valence-electron chi connectivity index (χ4n) is 3.77. The van der Waals surface area contributed by atoms with Gasteiger partial charge in [0, 0.05) is 24.7 Å². The van der Waals surface area contributed by atoms with Crippen LogP contribution in [0.15, 0.2) is 42.6 Å². The summed E-state index contributed by atoms with van der Waals surface area (Å²) in [4.78, 5) is 30.6. The zero-order valence-corrected chi connectivity index (χ0v) is 17.8. The molecule has 174 valence electrons. The third-order valence-corrected chi connectivity index (χ3v) is 5.43. The standard InChI is InChI=1S/C22H22F3N5O3/c1-2-33-21(32)29-10-8-15(9-11-29)27-20(31)16-13-26-30-18(22(23,24)25)12-17(28-19(16)30)14-6-4-3-5-7-14/h3-7,12-13,15H,2,8-11H2,1H3,(H,27,31). The number of rotatable bonds is 4. The van der Waals surface area contributed by atoms with E-state index in [4.69, 9.17) is 4.74 Å². The average Bonchev–Trinajstić information content (AvgIpc) is 3.23. The molecule has 0 bridgehead atoms. The molecule has 1 saturated heterocycles. The Morgan fingerprint density at radius 3 is 2.52 bits per heavy atom. The molecular weight excluding hydrogens is 439 g/mol. The predicted octanol–water partition coefficient (Wildman–Crippen LogP) is 3.77. The SMILES string of the molecule is CCOC(=O)N1CCC(NC(=O)c2cnn3c(C(F)(F)F)cc(-c4ccccc4)nc23)CC1. The summed E-state index contributed by atoms with van der Waals surface area (Å²) in [7, 11) is 0. The largest absolute Gasteiger partial charge is 0.450 e. The van der Waals surface area contributed by atoms with Gasteiger partial charge in [-0.2, -0.15) is 18.3 Å². The van der Waals surface area contributed by atoms with Crippen LogP contribution in [0.1, 0.15) is 35.8 Å². The second kappa shape index (κ2) is 9.08. The summed E-state index contributed by atoms with van der Waals surface area (Å²) in [5.41, 5.74) is -0.665. The quantitative estimate of drug-likeness (QED) is 0.639. The Labute approximate surface area is 187 Å². The highest BCUT2D eigenvalue weighted by molar-refractivity contribution is 6.00. The second-order valence-electron chi connectivity index (χ2n) is 7.62. The molecular formula is C22H22F3N5O3. The molecule has 1 N–H and O–H groups in total. The van der Waals surface area contributed by atoms with Gasteiger partial charge in [0.1, 0.15) is 5.56 Å². The molecule has 2 aromatic heterocycles. The third kappa shape index (κ3) is 4.76. The number of nitrogens with zero attached hydrogens (tertiary/aromatic N) is 4. The van der Waals surface area contributed by atoms with Crippen molar-refractivity contribution in [1.82, 2.24) is 24.8 Å². The number of likely N-dealkylation sites (tertiary alicyclic amines) is 1. The van der Waals surface area contributed by atoms with Crippen molar-refractivity contribution in [3.05, 3.63) is 53.9 Å². The first-order valence-electron chi connectivity index (χ1n) is 10.5. The van der Waals surface area contributed by atoms with Gasteiger partial charge in [0.05, 0.1) is 18.5 Å². The van der Waals surface area contributed by atoms with E-state index in [-0.39, 0.29) is 29.6 Å². The van der Waals surface area contributed by atoms with Gasteiger partial charge < -0.3 is 15.0 Å². The summed E-state index contributed by atoms with van der Waals surface area (Å²) < 4.78 is 46.8. The maximum atomic E-state index is 13.7. The normalized spacial score (nSPS) is 15.0. The van der Waals surface area contributed by atoms with Gasteiger partial charge in [0.2, 0.25) is 0 Å². The molecule has 4 rings (SSSR count). The Balaban J connectivity index is 1.59. The molecule has 1 aromatic carbocycles. The number of carbonyl (C=O) groups excluding carboxylic acids is 2. The smallest absolute Gasteiger partial charge is 0.433 e. The Kier molecular flexibility index (Phi) is 6.21. The van der Waals surface area contributed by atoms with Crippen molar-refractivity contribution in [3.63, 3.8) is 0 Å². The summed E-state index contributed by atoms with van der Waals surface area (Å²) in [6.45, 7) is 2.82. The summed E-state index contributed by atoms with van der Waals surface area (Å²) in [5.74, 6) is -0.564. The lowest BCUT2D eigenvalue weighted by atomic mass is 10.1. The van der Waals surface area contributed by atoms with E-state index in [0.717, 1.165) is 12.3 Å². The number of hydrogen-bond donors (Lipinski definition) is 1. The van der Waals surface area contributed by atoms with Crippen LogP contribution >= 0.6 is 0 Å². The molecule has 0 aliphatic carbocycles. The fourth-order valence-corrected chi connectivity index (χ4v) is 3.77. The van der Waals surface area contributed by atoms with Crippen molar-refractivity contribution in [2.75, 3.05) is 19.7 Å². The number of benzene rings is 1. The lowest BCUT2D eigenvalue weighted by Crippen LogP contribution is -2.46. The molecule has 0 radical (unpaired) electrons. The summed E-state index contributed by atoms with van der Waals surface area (Å²) in [6.07, 6.45) is -3.00. The van der Waals surface area contributed by atoms with E-state index in [1.54, 1.807) is 42.2 Å². The molecule has 3 aromatic rings. The zero-order chi connectivity index (χ0) is 23.6. The number of aromatic nitrogens is 3. The van der Waals surface area contributed by atoms with Gasteiger partial charge in [-0.05, 0) is 25.8 Å². The highest BCUT2D eigenvalue weighted by Crippen LogP contribution is 2.32. The van der Waals surface area contributed by atoms with Gasteiger partial charge >= 0.3 is 12.3 Å². The monoisotopic (exact) mass is 461 g/mol. The van der Waals surface area contributed by atoms with Gasteiger partial charge in [-0.1, -0.05) is 30.3 Å². The lowest BCUT2D eigenvalue weighted by molar-refractivity contribution is -0.142. The molecule has 0 atom stereocenters. The number of nitrogens with one attached hydrogen (secondary N) is 1. The van der Waals surface area contributed by atoms with Crippen LogP contribution in [-0.4, -0.2) is 57.2 Å². The molecule has 0 saturated carbocycles. The molecule has 1 aliphatic heterocycles. The van der Waals surface area contributed by atoms with Crippen LogP contribution in [0.2, 0.25) is 0 Å². The van der Waals surface area contributed by atoms with Crippen molar-refractivity contribution < 1.29 is 27.5 Å². The summed E-state index contributed by atoms with van der Waals surface area (Å²) in [5, 5.41) is 6.62. The van der Waals surface area contributed by atoms with Crippen molar-refractivity contribution in [2.24, 2.45) is 0 Å². The number of halogens is 3. The van der Waals surface area contributed by atoms with E-state index in [1.165, 1.54) is 0 Å². The van der Waals surface area contributed by atoms with Crippen LogP contribution in [0.25, 0.3) is 16.9 Å². The van der Waals surface area contributed by atoms with Crippen molar-refractivity contribution in [2.45, 2.75) is 32.0 Å². The molecule has 0 unspecified atom stereocenters. The zero-order valence-electron chi connectivity index (χ0n) is 17.8. The topological polar surface area (TPSA) is 88.8 Å². The Morgan fingerprint density at radius 2 is 1.88 bits per heavy atom. The molecule has 2 amide bonds. The molecule has 8 nitrogen and oxygen atoms in total. The van der Waals surface area contributed by atoms with Gasteiger partial charge in [-0.15, -0.1) is 0 Å². The lowest BCUT2D eigenvalue weighted by Gasteiger charge is -2.31. The van der Waals surface area contributed by atoms with Crippen LogP contribution in [0, 0.1) is 0 Å². The fraction of sp³-hybridized carbons (Fsp3) is 0.364. The van der Waals surface area contributed by atoms with Crippen LogP contribution < -0.4 is 5.32 Å². The van der Waals surface area contributed by atoms with E-state index in [9.17, 15) is 22.8 Å². The van der Waals surface area contributed by atoms with E-state index in [1.807, 2.05) is 0 Å². The first kappa shape index (κ1) is 22.6. The molecule has 33 heavy (non-hydrogen) atoms. The average molecular weight is 461 g/mol. The Morgan fingerprint density at radius 1 is 1.18 bits per heavy atom. The Hall–Kier alpha value is -3.63.